The minimum atomic E-state index is -4.52. The van der Waals surface area contributed by atoms with Crippen LogP contribution in [0, 0.1) is 17.8 Å². The van der Waals surface area contributed by atoms with Crippen molar-refractivity contribution in [3.63, 3.8) is 0 Å². The summed E-state index contributed by atoms with van der Waals surface area (Å²) in [5, 5.41) is 7.37. The van der Waals surface area contributed by atoms with Crippen molar-refractivity contribution in [1.82, 2.24) is 20.2 Å². The zero-order valence-electron chi connectivity index (χ0n) is 17.4. The summed E-state index contributed by atoms with van der Waals surface area (Å²) >= 11 is 0. The Kier molecular flexibility index (Phi) is 5.42. The Bertz CT molecular complexity index is 1030. The normalized spacial score (nSPS) is 20.3. The first-order valence-electron chi connectivity index (χ1n) is 10.4. The Hall–Kier alpha value is -2.64. The highest BCUT2D eigenvalue weighted by Gasteiger charge is 2.37. The molecule has 1 N–H and O–H groups in total. The van der Waals surface area contributed by atoms with Gasteiger partial charge in [-0.25, -0.2) is 9.97 Å². The molecular weight excluding hydrogens is 391 g/mol. The first kappa shape index (κ1) is 20.6. The van der Waals surface area contributed by atoms with Crippen molar-refractivity contribution in [2.75, 3.05) is 18.0 Å². The third-order valence-corrected chi connectivity index (χ3v) is 5.96. The molecule has 3 aromatic heterocycles. The number of piperidine rings is 1. The van der Waals surface area contributed by atoms with E-state index in [2.05, 4.69) is 45.8 Å². The SMILES string of the molecule is CC(C)C[C@H]1CN(c2ccc(C(F)(F)F)c(-c3n[nH]c4ncccc34)n2)CC[C@@H]1C. The third-order valence-electron chi connectivity index (χ3n) is 5.96. The maximum absolute atomic E-state index is 13.8. The van der Waals surface area contributed by atoms with E-state index < -0.39 is 11.7 Å². The van der Waals surface area contributed by atoms with Gasteiger partial charge >= 0.3 is 6.18 Å². The lowest BCUT2D eigenvalue weighted by molar-refractivity contribution is -0.137. The smallest absolute Gasteiger partial charge is 0.356 e. The van der Waals surface area contributed by atoms with Gasteiger partial charge in [0.1, 0.15) is 17.2 Å². The highest BCUT2D eigenvalue weighted by molar-refractivity contribution is 5.90. The summed E-state index contributed by atoms with van der Waals surface area (Å²) < 4.78 is 41.3. The number of fused-ring (bicyclic) bond motifs is 1. The van der Waals surface area contributed by atoms with E-state index >= 15 is 0 Å². The predicted octanol–water partition coefficient (Wildman–Crippen LogP) is 5.55. The van der Waals surface area contributed by atoms with Gasteiger partial charge in [0.15, 0.2) is 5.65 Å². The Balaban J connectivity index is 1.76. The maximum atomic E-state index is 13.8. The molecule has 160 valence electrons. The van der Waals surface area contributed by atoms with Crippen LogP contribution in [0.1, 0.15) is 39.2 Å². The molecule has 4 rings (SSSR count). The van der Waals surface area contributed by atoms with Crippen molar-refractivity contribution in [3.05, 3.63) is 36.0 Å². The number of hydrogen-bond donors (Lipinski definition) is 1. The molecule has 2 atom stereocenters. The Morgan fingerprint density at radius 3 is 2.73 bits per heavy atom. The van der Waals surface area contributed by atoms with E-state index in [0.717, 1.165) is 32.0 Å². The lowest BCUT2D eigenvalue weighted by Crippen LogP contribution is -2.40. The summed E-state index contributed by atoms with van der Waals surface area (Å²) in [7, 11) is 0. The molecule has 8 heteroatoms. The number of hydrogen-bond acceptors (Lipinski definition) is 4. The summed E-state index contributed by atoms with van der Waals surface area (Å²) in [5.41, 5.74) is -0.320. The number of pyridine rings is 2. The van der Waals surface area contributed by atoms with E-state index in [-0.39, 0.29) is 11.4 Å². The van der Waals surface area contributed by atoms with Gasteiger partial charge in [0.2, 0.25) is 0 Å². The third kappa shape index (κ3) is 4.00. The molecule has 0 saturated carbocycles. The van der Waals surface area contributed by atoms with Crippen molar-refractivity contribution >= 4 is 16.9 Å². The van der Waals surface area contributed by atoms with E-state index in [4.69, 9.17) is 0 Å². The number of rotatable bonds is 4. The molecule has 1 aliphatic heterocycles. The summed E-state index contributed by atoms with van der Waals surface area (Å²) in [4.78, 5) is 10.7. The van der Waals surface area contributed by atoms with Gasteiger partial charge in [-0.15, -0.1) is 0 Å². The predicted molar refractivity (Wildman–Crippen MR) is 111 cm³/mol. The first-order chi connectivity index (χ1) is 14.2. The second-order valence-corrected chi connectivity index (χ2v) is 8.64. The molecule has 30 heavy (non-hydrogen) atoms. The van der Waals surface area contributed by atoms with E-state index in [1.807, 2.05) is 0 Å². The second-order valence-electron chi connectivity index (χ2n) is 8.64. The number of halogens is 3. The standard InChI is InChI=1S/C22H26F3N5/c1-13(2)11-15-12-30(10-8-14(15)3)18-7-6-17(22(23,24)25)20(27-18)19-16-5-4-9-26-21(16)29-28-19/h4-7,9,13-15H,8,10-12H2,1-3H3,(H,26,28,29)/t14-,15-/m0/s1. The highest BCUT2D eigenvalue weighted by Crippen LogP contribution is 2.39. The minimum Gasteiger partial charge on any atom is -0.356 e. The zero-order valence-corrected chi connectivity index (χ0v) is 17.4. The molecule has 4 heterocycles. The largest absolute Gasteiger partial charge is 0.418 e. The number of H-pyrrole nitrogens is 1. The van der Waals surface area contributed by atoms with E-state index in [1.165, 1.54) is 6.07 Å². The number of aromatic nitrogens is 4. The molecule has 0 aliphatic carbocycles. The number of nitrogens with zero attached hydrogens (tertiary/aromatic N) is 4. The molecule has 0 radical (unpaired) electrons. The van der Waals surface area contributed by atoms with Crippen molar-refractivity contribution in [2.24, 2.45) is 17.8 Å². The Labute approximate surface area is 173 Å². The van der Waals surface area contributed by atoms with E-state index in [0.29, 0.717) is 34.6 Å². The Morgan fingerprint density at radius 2 is 2.00 bits per heavy atom. The maximum Gasteiger partial charge on any atom is 0.418 e. The molecule has 0 aromatic carbocycles. The van der Waals surface area contributed by atoms with Gasteiger partial charge < -0.3 is 4.90 Å². The molecule has 1 saturated heterocycles. The van der Waals surface area contributed by atoms with Gasteiger partial charge in [-0.3, -0.25) is 5.10 Å². The Morgan fingerprint density at radius 1 is 1.20 bits per heavy atom. The molecule has 5 nitrogen and oxygen atoms in total. The average Bonchev–Trinajstić information content (AvgIpc) is 3.12. The van der Waals surface area contributed by atoms with Gasteiger partial charge in [0, 0.05) is 24.7 Å². The van der Waals surface area contributed by atoms with Crippen molar-refractivity contribution in [1.29, 1.82) is 0 Å². The topological polar surface area (TPSA) is 57.7 Å². The number of alkyl halides is 3. The fraction of sp³-hybridized carbons (Fsp3) is 0.500. The quantitative estimate of drug-likeness (QED) is 0.605. The van der Waals surface area contributed by atoms with Crippen LogP contribution in [0.25, 0.3) is 22.4 Å². The van der Waals surface area contributed by atoms with Crippen LogP contribution in [0.5, 0.6) is 0 Å². The number of aromatic amines is 1. The molecule has 0 unspecified atom stereocenters. The first-order valence-corrected chi connectivity index (χ1v) is 10.4. The number of nitrogens with one attached hydrogen (secondary N) is 1. The second kappa shape index (κ2) is 7.89. The lowest BCUT2D eigenvalue weighted by Gasteiger charge is -2.38. The molecule has 0 spiro atoms. The number of anilines is 1. The molecule has 0 bridgehead atoms. The van der Waals surface area contributed by atoms with E-state index in [1.54, 1.807) is 18.3 Å². The van der Waals surface area contributed by atoms with Crippen LogP contribution in [0.15, 0.2) is 30.5 Å². The summed E-state index contributed by atoms with van der Waals surface area (Å²) in [6, 6.07) is 6.00. The van der Waals surface area contributed by atoms with E-state index in [9.17, 15) is 13.2 Å². The molecule has 1 fully saturated rings. The molecule has 0 amide bonds. The summed E-state index contributed by atoms with van der Waals surface area (Å²) in [5.74, 6) is 2.25. The van der Waals surface area contributed by atoms with Crippen LogP contribution in [0.4, 0.5) is 19.0 Å². The molecule has 3 aromatic rings. The van der Waals surface area contributed by atoms with Crippen LogP contribution in [-0.4, -0.2) is 33.3 Å². The fourth-order valence-corrected chi connectivity index (χ4v) is 4.34. The summed E-state index contributed by atoms with van der Waals surface area (Å²) in [6.07, 6.45) is -0.848. The fourth-order valence-electron chi connectivity index (χ4n) is 4.34. The van der Waals surface area contributed by atoms with Crippen molar-refractivity contribution in [3.8, 4) is 11.4 Å². The van der Waals surface area contributed by atoms with Crippen LogP contribution in [-0.2, 0) is 6.18 Å². The molecular formula is C22H26F3N5. The highest BCUT2D eigenvalue weighted by atomic mass is 19.4. The lowest BCUT2D eigenvalue weighted by atomic mass is 9.81. The van der Waals surface area contributed by atoms with Crippen LogP contribution in [0.3, 0.4) is 0 Å². The monoisotopic (exact) mass is 417 g/mol. The zero-order chi connectivity index (χ0) is 21.5. The van der Waals surface area contributed by atoms with Gasteiger partial charge in [-0.2, -0.15) is 18.3 Å². The van der Waals surface area contributed by atoms with Gasteiger partial charge in [-0.1, -0.05) is 20.8 Å². The van der Waals surface area contributed by atoms with Gasteiger partial charge in [-0.05, 0) is 54.9 Å². The average molecular weight is 417 g/mol. The van der Waals surface area contributed by atoms with Crippen molar-refractivity contribution in [2.45, 2.75) is 39.8 Å². The van der Waals surface area contributed by atoms with Crippen LogP contribution >= 0.6 is 0 Å². The van der Waals surface area contributed by atoms with Crippen molar-refractivity contribution < 1.29 is 13.2 Å². The summed E-state index contributed by atoms with van der Waals surface area (Å²) in [6.45, 7) is 8.27. The van der Waals surface area contributed by atoms with Gasteiger partial charge in [0.25, 0.3) is 0 Å². The minimum absolute atomic E-state index is 0.154. The van der Waals surface area contributed by atoms with Gasteiger partial charge in [0.05, 0.1) is 5.56 Å². The van der Waals surface area contributed by atoms with Crippen LogP contribution in [0.2, 0.25) is 0 Å². The van der Waals surface area contributed by atoms with Crippen LogP contribution < -0.4 is 4.90 Å². The molecule has 1 aliphatic rings.